The average molecular weight is 221 g/mol. The Morgan fingerprint density at radius 3 is 2.50 bits per heavy atom. The molecular formula is C5H4INO. The van der Waals surface area contributed by atoms with E-state index in [1.54, 1.807) is 0 Å². The van der Waals surface area contributed by atoms with E-state index >= 15 is 0 Å². The van der Waals surface area contributed by atoms with Crippen LogP contribution in [0.25, 0.3) is 0 Å². The summed E-state index contributed by atoms with van der Waals surface area (Å²) in [5.74, 6) is 0.0839. The molecule has 0 heterocycles. The maximum absolute atomic E-state index is 10.6. The van der Waals surface area contributed by atoms with Gasteiger partial charge >= 0.3 is 0 Å². The molecule has 1 aliphatic rings. The molecule has 0 amide bonds. The minimum absolute atomic E-state index is 0.0839. The van der Waals surface area contributed by atoms with Gasteiger partial charge in [0.1, 0.15) is 0 Å². The summed E-state index contributed by atoms with van der Waals surface area (Å²) in [6.45, 7) is 0. The zero-order valence-electron chi connectivity index (χ0n) is 4.15. The smallest absolute Gasteiger partial charge is 0.166 e. The average Bonchev–Trinajstić information content (AvgIpc) is 1.83. The fourth-order valence-electron chi connectivity index (χ4n) is 0.565. The number of carbonyl (C=O) groups is 1. The molecule has 0 aromatic heterocycles. The lowest BCUT2D eigenvalue weighted by Gasteiger charge is -2.26. The van der Waals surface area contributed by atoms with Crippen LogP contribution in [0.1, 0.15) is 12.8 Å². The van der Waals surface area contributed by atoms with Crippen LogP contribution in [-0.4, -0.2) is 9.20 Å². The second-order valence-corrected chi connectivity index (χ2v) is 3.68. The van der Waals surface area contributed by atoms with Crippen LogP contribution in [0, 0.1) is 11.3 Å². The maximum atomic E-state index is 10.6. The minimum atomic E-state index is -0.641. The lowest BCUT2D eigenvalue weighted by Crippen LogP contribution is -2.40. The minimum Gasteiger partial charge on any atom is -0.297 e. The highest BCUT2D eigenvalue weighted by Crippen LogP contribution is 2.35. The van der Waals surface area contributed by atoms with E-state index in [0.29, 0.717) is 6.42 Å². The zero-order valence-corrected chi connectivity index (χ0v) is 6.31. The van der Waals surface area contributed by atoms with Gasteiger partial charge in [-0.1, -0.05) is 22.6 Å². The van der Waals surface area contributed by atoms with Gasteiger partial charge in [-0.15, -0.1) is 0 Å². The Balaban J connectivity index is 2.73. The Morgan fingerprint density at radius 2 is 2.50 bits per heavy atom. The van der Waals surface area contributed by atoms with Gasteiger partial charge in [-0.3, -0.25) is 4.79 Å². The van der Waals surface area contributed by atoms with E-state index in [2.05, 4.69) is 0 Å². The summed E-state index contributed by atoms with van der Waals surface area (Å²) in [5, 5.41) is 8.34. The summed E-state index contributed by atoms with van der Waals surface area (Å²) in [6.07, 6.45) is 1.33. The summed E-state index contributed by atoms with van der Waals surface area (Å²) >= 11 is 1.91. The SMILES string of the molecule is N#CC1(I)CCC1=O. The van der Waals surface area contributed by atoms with Gasteiger partial charge in [-0.25, -0.2) is 0 Å². The molecule has 2 nitrogen and oxygen atoms in total. The fraction of sp³-hybridized carbons (Fsp3) is 0.600. The van der Waals surface area contributed by atoms with E-state index in [1.165, 1.54) is 0 Å². The third-order valence-electron chi connectivity index (χ3n) is 1.32. The molecule has 1 aliphatic carbocycles. The highest BCUT2D eigenvalue weighted by atomic mass is 127. The number of nitrogens with zero attached hydrogens (tertiary/aromatic N) is 1. The molecule has 0 spiro atoms. The van der Waals surface area contributed by atoms with Gasteiger partial charge in [0.05, 0.1) is 6.07 Å². The summed E-state index contributed by atoms with van der Waals surface area (Å²) in [4.78, 5) is 10.6. The van der Waals surface area contributed by atoms with E-state index in [9.17, 15) is 4.79 Å². The molecular weight excluding hydrogens is 217 g/mol. The molecule has 1 unspecified atom stereocenters. The molecule has 0 saturated heterocycles. The summed E-state index contributed by atoms with van der Waals surface area (Å²) < 4.78 is -0.641. The van der Waals surface area contributed by atoms with Crippen molar-refractivity contribution in [1.82, 2.24) is 0 Å². The van der Waals surface area contributed by atoms with Crippen molar-refractivity contribution >= 4 is 28.4 Å². The summed E-state index contributed by atoms with van der Waals surface area (Å²) in [7, 11) is 0. The Labute approximate surface area is 61.0 Å². The fourth-order valence-corrected chi connectivity index (χ4v) is 1.10. The van der Waals surface area contributed by atoms with Crippen LogP contribution < -0.4 is 0 Å². The van der Waals surface area contributed by atoms with Crippen LogP contribution in [-0.2, 0) is 4.79 Å². The predicted molar refractivity (Wildman–Crippen MR) is 36.6 cm³/mol. The van der Waals surface area contributed by atoms with Crippen LogP contribution in [0.5, 0.6) is 0 Å². The lowest BCUT2D eigenvalue weighted by atomic mass is 9.85. The lowest BCUT2D eigenvalue weighted by molar-refractivity contribution is -0.124. The van der Waals surface area contributed by atoms with Crippen molar-refractivity contribution in [3.63, 3.8) is 0 Å². The second kappa shape index (κ2) is 1.69. The van der Waals surface area contributed by atoms with E-state index < -0.39 is 3.42 Å². The first-order valence-corrected chi connectivity index (χ1v) is 3.40. The highest BCUT2D eigenvalue weighted by Gasteiger charge is 2.43. The largest absolute Gasteiger partial charge is 0.297 e. The number of alkyl halides is 1. The monoisotopic (exact) mass is 221 g/mol. The first-order chi connectivity index (χ1) is 3.69. The van der Waals surface area contributed by atoms with Crippen LogP contribution in [0.2, 0.25) is 0 Å². The number of rotatable bonds is 0. The second-order valence-electron chi connectivity index (χ2n) is 1.84. The van der Waals surface area contributed by atoms with Gasteiger partial charge in [-0.05, 0) is 6.42 Å². The van der Waals surface area contributed by atoms with Crippen LogP contribution in [0.3, 0.4) is 0 Å². The Morgan fingerprint density at radius 1 is 1.88 bits per heavy atom. The first-order valence-electron chi connectivity index (χ1n) is 2.32. The highest BCUT2D eigenvalue weighted by molar-refractivity contribution is 14.1. The van der Waals surface area contributed by atoms with E-state index in [-0.39, 0.29) is 5.78 Å². The molecule has 1 atom stereocenters. The molecule has 0 N–H and O–H groups in total. The molecule has 1 fully saturated rings. The number of nitriles is 1. The van der Waals surface area contributed by atoms with Gasteiger partial charge in [0.2, 0.25) is 0 Å². The van der Waals surface area contributed by atoms with Crippen LogP contribution >= 0.6 is 22.6 Å². The molecule has 1 rings (SSSR count). The number of carbonyl (C=O) groups excluding carboxylic acids is 1. The first kappa shape index (κ1) is 6.02. The van der Waals surface area contributed by atoms with Crippen LogP contribution in [0.15, 0.2) is 0 Å². The molecule has 0 bridgehead atoms. The van der Waals surface area contributed by atoms with Crippen molar-refractivity contribution in [1.29, 1.82) is 5.26 Å². The maximum Gasteiger partial charge on any atom is 0.166 e. The third-order valence-corrected chi connectivity index (χ3v) is 2.70. The quantitative estimate of drug-likeness (QED) is 0.453. The van der Waals surface area contributed by atoms with Crippen molar-refractivity contribution in [2.75, 3.05) is 0 Å². The molecule has 0 aromatic carbocycles. The van der Waals surface area contributed by atoms with Gasteiger partial charge < -0.3 is 0 Å². The zero-order chi connectivity index (χ0) is 6.20. The van der Waals surface area contributed by atoms with E-state index in [0.717, 1.165) is 6.42 Å². The number of halogens is 1. The van der Waals surface area contributed by atoms with Gasteiger partial charge in [0, 0.05) is 6.42 Å². The molecule has 1 saturated carbocycles. The number of hydrogen-bond donors (Lipinski definition) is 0. The Bertz CT molecular complexity index is 172. The van der Waals surface area contributed by atoms with Gasteiger partial charge in [0.15, 0.2) is 9.20 Å². The molecule has 42 valence electrons. The van der Waals surface area contributed by atoms with Gasteiger partial charge in [0.25, 0.3) is 0 Å². The van der Waals surface area contributed by atoms with Crippen LogP contribution in [0.4, 0.5) is 0 Å². The summed E-state index contributed by atoms with van der Waals surface area (Å²) in [6, 6.07) is 1.96. The third kappa shape index (κ3) is 0.635. The molecule has 3 heteroatoms. The van der Waals surface area contributed by atoms with Crippen molar-refractivity contribution in [3.8, 4) is 6.07 Å². The van der Waals surface area contributed by atoms with Crippen molar-refractivity contribution in [3.05, 3.63) is 0 Å². The molecule has 8 heavy (non-hydrogen) atoms. The van der Waals surface area contributed by atoms with Crippen molar-refractivity contribution in [2.45, 2.75) is 16.3 Å². The molecule has 0 radical (unpaired) electrons. The van der Waals surface area contributed by atoms with E-state index in [1.807, 2.05) is 28.7 Å². The number of Topliss-reactive ketones (excluding diaryl/α,β-unsaturated/α-hetero) is 1. The number of hydrogen-bond acceptors (Lipinski definition) is 2. The number of ketones is 1. The topological polar surface area (TPSA) is 40.9 Å². The Kier molecular flexibility index (Phi) is 1.27. The van der Waals surface area contributed by atoms with E-state index in [4.69, 9.17) is 5.26 Å². The van der Waals surface area contributed by atoms with Gasteiger partial charge in [-0.2, -0.15) is 5.26 Å². The normalized spacial score (nSPS) is 35.8. The Hall–Kier alpha value is -0.110. The standard InChI is InChI=1S/C5H4INO/c6-5(3-7)2-1-4(5)8/h1-2H2. The van der Waals surface area contributed by atoms with Crippen molar-refractivity contribution < 1.29 is 4.79 Å². The van der Waals surface area contributed by atoms with Crippen molar-refractivity contribution in [2.24, 2.45) is 0 Å². The molecule has 0 aliphatic heterocycles. The predicted octanol–water partition coefficient (Wildman–Crippen LogP) is 1.05. The summed E-state index contributed by atoms with van der Waals surface area (Å²) in [5.41, 5.74) is 0. The molecule has 0 aromatic rings.